The standard InChI is InChI=1S/C18H19ClN4O4/c1-11(9-16(24)20-10-13-5-4-8-27-13)22-23-18(26)17(25)21-15-7-3-6-14(19)12(15)2/h3-8H,9-10H2,1-2H3,(H,20,24)(H,21,25)(H,23,26)/b22-11-. The maximum Gasteiger partial charge on any atom is 0.329 e. The van der Waals surface area contributed by atoms with Gasteiger partial charge < -0.3 is 15.1 Å². The first-order valence-electron chi connectivity index (χ1n) is 8.05. The molecule has 2 rings (SSSR count). The maximum atomic E-state index is 11.9. The Morgan fingerprint density at radius 1 is 1.15 bits per heavy atom. The number of furan rings is 1. The molecule has 0 bridgehead atoms. The molecule has 27 heavy (non-hydrogen) atoms. The van der Waals surface area contributed by atoms with Crippen LogP contribution in [0.25, 0.3) is 0 Å². The van der Waals surface area contributed by atoms with Gasteiger partial charge in [-0.15, -0.1) is 0 Å². The molecule has 3 amide bonds. The van der Waals surface area contributed by atoms with Gasteiger partial charge in [-0.05, 0) is 43.7 Å². The zero-order valence-corrected chi connectivity index (χ0v) is 15.6. The Labute approximate surface area is 161 Å². The second-order valence-electron chi connectivity index (χ2n) is 5.69. The summed E-state index contributed by atoms with van der Waals surface area (Å²) in [4.78, 5) is 35.6. The van der Waals surface area contributed by atoms with E-state index in [2.05, 4.69) is 21.2 Å². The van der Waals surface area contributed by atoms with Crippen molar-refractivity contribution in [3.8, 4) is 0 Å². The van der Waals surface area contributed by atoms with Crippen LogP contribution in [0.3, 0.4) is 0 Å². The lowest BCUT2D eigenvalue weighted by Gasteiger charge is -2.08. The third-order valence-electron chi connectivity index (χ3n) is 3.53. The van der Waals surface area contributed by atoms with Crippen LogP contribution in [0, 0.1) is 6.92 Å². The van der Waals surface area contributed by atoms with E-state index in [1.54, 1.807) is 44.2 Å². The van der Waals surface area contributed by atoms with Crippen molar-refractivity contribution in [2.75, 3.05) is 5.32 Å². The number of benzene rings is 1. The van der Waals surface area contributed by atoms with Crippen LogP contribution in [-0.2, 0) is 20.9 Å². The molecule has 8 nitrogen and oxygen atoms in total. The molecule has 1 heterocycles. The lowest BCUT2D eigenvalue weighted by molar-refractivity contribution is -0.136. The van der Waals surface area contributed by atoms with Gasteiger partial charge in [0.15, 0.2) is 0 Å². The molecule has 1 aromatic heterocycles. The van der Waals surface area contributed by atoms with Gasteiger partial charge in [-0.2, -0.15) is 5.10 Å². The van der Waals surface area contributed by atoms with Gasteiger partial charge in [-0.3, -0.25) is 14.4 Å². The molecule has 0 atom stereocenters. The Morgan fingerprint density at radius 3 is 2.63 bits per heavy atom. The molecule has 0 unspecified atom stereocenters. The predicted octanol–water partition coefficient (Wildman–Crippen LogP) is 2.38. The third-order valence-corrected chi connectivity index (χ3v) is 3.94. The number of hydrogen-bond acceptors (Lipinski definition) is 5. The normalized spacial score (nSPS) is 11.0. The molecule has 1 aromatic carbocycles. The van der Waals surface area contributed by atoms with Crippen LogP contribution in [0.5, 0.6) is 0 Å². The summed E-state index contributed by atoms with van der Waals surface area (Å²) in [6, 6.07) is 8.43. The summed E-state index contributed by atoms with van der Waals surface area (Å²) in [6.45, 7) is 3.54. The number of nitrogens with zero attached hydrogens (tertiary/aromatic N) is 1. The fraction of sp³-hybridized carbons (Fsp3) is 0.222. The van der Waals surface area contributed by atoms with Gasteiger partial charge in [-0.25, -0.2) is 5.43 Å². The number of nitrogens with one attached hydrogen (secondary N) is 3. The van der Waals surface area contributed by atoms with Crippen LogP contribution in [-0.4, -0.2) is 23.4 Å². The second kappa shape index (κ2) is 9.54. The fourth-order valence-corrected chi connectivity index (χ4v) is 2.23. The molecule has 2 aromatic rings. The van der Waals surface area contributed by atoms with Gasteiger partial charge in [0.05, 0.1) is 19.2 Å². The zero-order chi connectivity index (χ0) is 19.8. The van der Waals surface area contributed by atoms with Crippen LogP contribution in [0.15, 0.2) is 46.1 Å². The SMILES string of the molecule is C/C(CC(=O)NCc1ccco1)=N/NC(=O)C(=O)Nc1cccc(Cl)c1C. The number of anilines is 1. The Morgan fingerprint density at radius 2 is 1.93 bits per heavy atom. The van der Waals surface area contributed by atoms with E-state index in [9.17, 15) is 14.4 Å². The van der Waals surface area contributed by atoms with E-state index in [0.717, 1.165) is 0 Å². The minimum absolute atomic E-state index is 0.0317. The van der Waals surface area contributed by atoms with Crippen molar-refractivity contribution < 1.29 is 18.8 Å². The molecule has 0 saturated heterocycles. The Bertz CT molecular complexity index is 862. The van der Waals surface area contributed by atoms with Crippen LogP contribution < -0.4 is 16.1 Å². The van der Waals surface area contributed by atoms with Crippen LogP contribution >= 0.6 is 11.6 Å². The molecule has 0 aliphatic rings. The second-order valence-corrected chi connectivity index (χ2v) is 6.09. The van der Waals surface area contributed by atoms with Crippen molar-refractivity contribution in [1.29, 1.82) is 0 Å². The average Bonchev–Trinajstić information content (AvgIpc) is 3.15. The Hall–Kier alpha value is -3.13. The first kappa shape index (κ1) is 20.2. The number of halogens is 1. The summed E-state index contributed by atoms with van der Waals surface area (Å²) < 4.78 is 5.10. The highest BCUT2D eigenvalue weighted by atomic mass is 35.5. The Kier molecular flexibility index (Phi) is 7.13. The van der Waals surface area contributed by atoms with Crippen molar-refractivity contribution in [1.82, 2.24) is 10.7 Å². The molecule has 9 heteroatoms. The molecule has 0 spiro atoms. The van der Waals surface area contributed by atoms with Crippen LogP contribution in [0.1, 0.15) is 24.7 Å². The minimum atomic E-state index is -0.954. The molecule has 0 aliphatic heterocycles. The van der Waals surface area contributed by atoms with E-state index >= 15 is 0 Å². The number of carbonyl (C=O) groups is 3. The fourth-order valence-electron chi connectivity index (χ4n) is 2.05. The predicted molar refractivity (Wildman–Crippen MR) is 101 cm³/mol. The largest absolute Gasteiger partial charge is 0.467 e. The van der Waals surface area contributed by atoms with E-state index in [-0.39, 0.29) is 18.9 Å². The molecule has 0 saturated carbocycles. The molecular formula is C18H19ClN4O4. The first-order valence-corrected chi connectivity index (χ1v) is 8.43. The summed E-state index contributed by atoms with van der Waals surface area (Å²) in [6.07, 6.45) is 1.48. The summed E-state index contributed by atoms with van der Waals surface area (Å²) >= 11 is 5.97. The van der Waals surface area contributed by atoms with Gasteiger partial charge in [0.2, 0.25) is 5.91 Å². The van der Waals surface area contributed by atoms with Gasteiger partial charge in [0.25, 0.3) is 0 Å². The van der Waals surface area contributed by atoms with Crippen molar-refractivity contribution in [2.45, 2.75) is 26.8 Å². The van der Waals surface area contributed by atoms with E-state index in [1.807, 2.05) is 0 Å². The quantitative estimate of drug-likeness (QED) is 0.399. The highest BCUT2D eigenvalue weighted by Gasteiger charge is 2.15. The lowest BCUT2D eigenvalue weighted by Crippen LogP contribution is -2.33. The Balaban J connectivity index is 1.80. The lowest BCUT2D eigenvalue weighted by atomic mass is 10.2. The summed E-state index contributed by atoms with van der Waals surface area (Å²) in [5, 5.41) is 9.34. The van der Waals surface area contributed by atoms with E-state index in [4.69, 9.17) is 16.0 Å². The van der Waals surface area contributed by atoms with Crippen LogP contribution in [0.2, 0.25) is 5.02 Å². The topological polar surface area (TPSA) is 113 Å². The van der Waals surface area contributed by atoms with Crippen LogP contribution in [0.4, 0.5) is 5.69 Å². The third kappa shape index (κ3) is 6.27. The summed E-state index contributed by atoms with van der Waals surface area (Å²) in [5.41, 5.74) is 3.53. The molecule has 142 valence electrons. The number of hydrazone groups is 1. The average molecular weight is 391 g/mol. The molecule has 0 radical (unpaired) electrons. The molecular weight excluding hydrogens is 372 g/mol. The highest BCUT2D eigenvalue weighted by molar-refractivity contribution is 6.40. The van der Waals surface area contributed by atoms with Crippen molar-refractivity contribution in [3.63, 3.8) is 0 Å². The minimum Gasteiger partial charge on any atom is -0.467 e. The first-order chi connectivity index (χ1) is 12.9. The smallest absolute Gasteiger partial charge is 0.329 e. The number of carbonyl (C=O) groups excluding carboxylic acids is 3. The zero-order valence-electron chi connectivity index (χ0n) is 14.8. The van der Waals surface area contributed by atoms with Gasteiger partial charge in [0, 0.05) is 16.4 Å². The molecule has 0 fully saturated rings. The van der Waals surface area contributed by atoms with Crippen molar-refractivity contribution >= 4 is 40.7 Å². The molecule has 3 N–H and O–H groups in total. The summed E-state index contributed by atoms with van der Waals surface area (Å²) in [7, 11) is 0. The number of rotatable bonds is 6. The molecule has 0 aliphatic carbocycles. The van der Waals surface area contributed by atoms with Gasteiger partial charge >= 0.3 is 11.8 Å². The van der Waals surface area contributed by atoms with Gasteiger partial charge in [-0.1, -0.05) is 17.7 Å². The highest BCUT2D eigenvalue weighted by Crippen LogP contribution is 2.22. The van der Waals surface area contributed by atoms with E-state index in [0.29, 0.717) is 27.7 Å². The van der Waals surface area contributed by atoms with Gasteiger partial charge in [0.1, 0.15) is 5.76 Å². The number of amides is 3. The van der Waals surface area contributed by atoms with E-state index in [1.165, 1.54) is 6.26 Å². The monoisotopic (exact) mass is 390 g/mol. The van der Waals surface area contributed by atoms with Crippen molar-refractivity contribution in [2.24, 2.45) is 5.10 Å². The van der Waals surface area contributed by atoms with E-state index < -0.39 is 11.8 Å². The number of hydrogen-bond donors (Lipinski definition) is 3. The van der Waals surface area contributed by atoms with Crippen molar-refractivity contribution in [3.05, 3.63) is 52.9 Å². The summed E-state index contributed by atoms with van der Waals surface area (Å²) in [5.74, 6) is -1.51. The maximum absolute atomic E-state index is 11.9.